The highest BCUT2D eigenvalue weighted by Gasteiger charge is 2.16. The fraction of sp³-hybridized carbons (Fsp3) is 0.263. The molecule has 2 aromatic carbocycles. The minimum Gasteiger partial charge on any atom is -0.465 e. The van der Waals surface area contributed by atoms with Crippen LogP contribution in [0, 0.1) is 10.1 Å². The zero-order valence-electron chi connectivity index (χ0n) is 15.9. The van der Waals surface area contributed by atoms with Gasteiger partial charge in [0.1, 0.15) is 5.69 Å². The largest absolute Gasteiger partial charge is 0.465 e. The first-order valence-electron chi connectivity index (χ1n) is 7.99. The molecular formula is C19H26N4O6. The van der Waals surface area contributed by atoms with Crippen molar-refractivity contribution in [2.75, 3.05) is 44.7 Å². The molecule has 0 saturated carbocycles. The predicted molar refractivity (Wildman–Crippen MR) is 112 cm³/mol. The first kappa shape index (κ1) is 25.2. The average molecular weight is 406 g/mol. The van der Waals surface area contributed by atoms with Gasteiger partial charge in [0, 0.05) is 20.2 Å². The van der Waals surface area contributed by atoms with Gasteiger partial charge in [-0.2, -0.15) is 0 Å². The number of esters is 2. The summed E-state index contributed by atoms with van der Waals surface area (Å²) in [5, 5.41) is 16.2. The number of hydrogen-bond donors (Lipinski definition) is 3. The third-order valence-corrected chi connectivity index (χ3v) is 3.63. The van der Waals surface area contributed by atoms with E-state index in [0.717, 1.165) is 5.69 Å². The van der Waals surface area contributed by atoms with Crippen LogP contribution >= 0.6 is 0 Å². The summed E-state index contributed by atoms with van der Waals surface area (Å²) in [6, 6.07) is 9.08. The van der Waals surface area contributed by atoms with Gasteiger partial charge in [0.05, 0.1) is 41.6 Å². The molecule has 0 unspecified atom stereocenters. The zero-order valence-corrected chi connectivity index (χ0v) is 15.9. The Morgan fingerprint density at radius 2 is 1.38 bits per heavy atom. The molecule has 0 heterocycles. The van der Waals surface area contributed by atoms with E-state index in [2.05, 4.69) is 20.1 Å². The summed E-state index contributed by atoms with van der Waals surface area (Å²) in [6.07, 6.45) is 0. The molecule has 4 N–H and O–H groups in total. The molecule has 0 amide bonds. The number of anilines is 3. The topological polar surface area (TPSA) is 146 Å². The van der Waals surface area contributed by atoms with Crippen molar-refractivity contribution in [2.45, 2.75) is 7.43 Å². The van der Waals surface area contributed by atoms with Crippen LogP contribution in [0.25, 0.3) is 0 Å². The van der Waals surface area contributed by atoms with Gasteiger partial charge in [-0.25, -0.2) is 9.59 Å². The number of rotatable bonds is 5. The zero-order chi connectivity index (χ0) is 21.3. The van der Waals surface area contributed by atoms with Crippen LogP contribution in [0.3, 0.4) is 0 Å². The first-order valence-corrected chi connectivity index (χ1v) is 7.99. The first-order chi connectivity index (χ1) is 13.3. The molecular weight excluding hydrogens is 380 g/mol. The second-order valence-corrected chi connectivity index (χ2v) is 5.27. The SMILES string of the molecule is C.CNc1ccc(C(=O)OC)cc1N.CNc1ccc(C(=O)OC)cc1[N+](=O)[O-]. The fourth-order valence-electron chi connectivity index (χ4n) is 2.17. The number of nitrogens with zero attached hydrogens (tertiary/aromatic N) is 1. The van der Waals surface area contributed by atoms with Crippen LogP contribution in [0.1, 0.15) is 28.1 Å². The van der Waals surface area contributed by atoms with E-state index in [1.165, 1.54) is 32.4 Å². The summed E-state index contributed by atoms with van der Waals surface area (Å²) in [5.41, 5.74) is 7.80. The predicted octanol–water partition coefficient (Wildman–Crippen LogP) is 3.16. The van der Waals surface area contributed by atoms with E-state index >= 15 is 0 Å². The number of benzene rings is 2. The summed E-state index contributed by atoms with van der Waals surface area (Å²) in [6.45, 7) is 0. The van der Waals surface area contributed by atoms with Crippen molar-refractivity contribution >= 4 is 34.7 Å². The van der Waals surface area contributed by atoms with Crippen LogP contribution in [-0.2, 0) is 9.47 Å². The molecule has 2 rings (SSSR count). The fourth-order valence-corrected chi connectivity index (χ4v) is 2.17. The summed E-state index contributed by atoms with van der Waals surface area (Å²) in [7, 11) is 5.90. The van der Waals surface area contributed by atoms with Gasteiger partial charge in [-0.3, -0.25) is 10.1 Å². The molecule has 10 nitrogen and oxygen atoms in total. The lowest BCUT2D eigenvalue weighted by atomic mass is 10.2. The number of ether oxygens (including phenoxy) is 2. The van der Waals surface area contributed by atoms with Gasteiger partial charge in [0.15, 0.2) is 0 Å². The van der Waals surface area contributed by atoms with E-state index in [4.69, 9.17) is 5.73 Å². The summed E-state index contributed by atoms with van der Waals surface area (Å²) < 4.78 is 9.01. The average Bonchev–Trinajstić information content (AvgIpc) is 2.72. The Morgan fingerprint density at radius 3 is 1.76 bits per heavy atom. The van der Waals surface area contributed by atoms with E-state index in [-0.39, 0.29) is 24.6 Å². The van der Waals surface area contributed by atoms with E-state index in [9.17, 15) is 19.7 Å². The van der Waals surface area contributed by atoms with Crippen molar-refractivity contribution in [3.8, 4) is 0 Å². The van der Waals surface area contributed by atoms with E-state index in [1.807, 2.05) is 0 Å². The Bertz CT molecular complexity index is 870. The second-order valence-electron chi connectivity index (χ2n) is 5.27. The van der Waals surface area contributed by atoms with Crippen LogP contribution in [0.4, 0.5) is 22.7 Å². The smallest absolute Gasteiger partial charge is 0.338 e. The van der Waals surface area contributed by atoms with Crippen LogP contribution in [0.2, 0.25) is 0 Å². The normalized spacial score (nSPS) is 9.10. The van der Waals surface area contributed by atoms with Crippen molar-refractivity contribution in [1.82, 2.24) is 0 Å². The van der Waals surface area contributed by atoms with Crippen LogP contribution < -0.4 is 16.4 Å². The van der Waals surface area contributed by atoms with Crippen LogP contribution in [-0.4, -0.2) is 45.2 Å². The highest BCUT2D eigenvalue weighted by molar-refractivity contribution is 5.92. The molecule has 0 atom stereocenters. The van der Waals surface area contributed by atoms with Crippen LogP contribution in [0.15, 0.2) is 36.4 Å². The number of hydrogen-bond acceptors (Lipinski definition) is 9. The molecule has 158 valence electrons. The molecule has 0 aliphatic rings. The highest BCUT2D eigenvalue weighted by atomic mass is 16.6. The Balaban J connectivity index is 0.000000527. The number of nitro groups is 1. The molecule has 0 spiro atoms. The maximum atomic E-state index is 11.1. The molecule has 0 aliphatic carbocycles. The Morgan fingerprint density at radius 1 is 0.931 bits per heavy atom. The van der Waals surface area contributed by atoms with Gasteiger partial charge < -0.3 is 25.8 Å². The number of nitrogen functional groups attached to an aromatic ring is 1. The number of nitrogens with two attached hydrogens (primary N) is 1. The van der Waals surface area contributed by atoms with Crippen LogP contribution in [0.5, 0.6) is 0 Å². The number of nitrogens with one attached hydrogen (secondary N) is 2. The lowest BCUT2D eigenvalue weighted by Crippen LogP contribution is -2.03. The van der Waals surface area contributed by atoms with Gasteiger partial charge >= 0.3 is 11.9 Å². The van der Waals surface area contributed by atoms with Crippen molar-refractivity contribution in [3.05, 3.63) is 57.6 Å². The minimum absolute atomic E-state index is 0. The molecule has 10 heteroatoms. The lowest BCUT2D eigenvalue weighted by Gasteiger charge is -2.05. The lowest BCUT2D eigenvalue weighted by molar-refractivity contribution is -0.384. The standard InChI is InChI=1S/C9H10N2O4.C9H12N2O2.CH4/c1-10-7-4-3-6(9(12)15-2)5-8(7)11(13)14;1-11-8-4-3-6(5-7(8)10)9(12)13-2;/h3-5,10H,1-2H3;3-5,11H,10H2,1-2H3;1H4. The summed E-state index contributed by atoms with van der Waals surface area (Å²) in [4.78, 5) is 32.3. The van der Waals surface area contributed by atoms with Gasteiger partial charge in [0.25, 0.3) is 5.69 Å². The van der Waals surface area contributed by atoms with Crippen molar-refractivity contribution in [2.24, 2.45) is 0 Å². The van der Waals surface area contributed by atoms with Gasteiger partial charge in [-0.1, -0.05) is 7.43 Å². The molecule has 29 heavy (non-hydrogen) atoms. The van der Waals surface area contributed by atoms with Crippen molar-refractivity contribution in [3.63, 3.8) is 0 Å². The molecule has 0 aromatic heterocycles. The molecule has 0 saturated heterocycles. The van der Waals surface area contributed by atoms with E-state index in [0.29, 0.717) is 16.9 Å². The van der Waals surface area contributed by atoms with E-state index < -0.39 is 10.9 Å². The third-order valence-electron chi connectivity index (χ3n) is 3.63. The number of carbonyl (C=O) groups excluding carboxylic acids is 2. The minimum atomic E-state index is -0.597. The molecule has 0 radical (unpaired) electrons. The summed E-state index contributed by atoms with van der Waals surface area (Å²) >= 11 is 0. The molecule has 2 aromatic rings. The number of carbonyl (C=O) groups is 2. The molecule has 0 fully saturated rings. The summed E-state index contributed by atoms with van der Waals surface area (Å²) in [5.74, 6) is -0.977. The maximum absolute atomic E-state index is 11.1. The van der Waals surface area contributed by atoms with Gasteiger partial charge in [0.2, 0.25) is 0 Å². The quantitative estimate of drug-likeness (QED) is 0.295. The van der Waals surface area contributed by atoms with Gasteiger partial charge in [-0.15, -0.1) is 0 Å². The highest BCUT2D eigenvalue weighted by Crippen LogP contribution is 2.25. The monoisotopic (exact) mass is 406 g/mol. The molecule has 0 aliphatic heterocycles. The molecule has 0 bridgehead atoms. The third kappa shape index (κ3) is 6.69. The Kier molecular flexibility index (Phi) is 10.2. The number of methoxy groups -OCH3 is 2. The van der Waals surface area contributed by atoms with Crippen molar-refractivity contribution in [1.29, 1.82) is 0 Å². The van der Waals surface area contributed by atoms with Gasteiger partial charge in [-0.05, 0) is 30.3 Å². The maximum Gasteiger partial charge on any atom is 0.338 e. The Labute approximate surface area is 169 Å². The second kappa shape index (κ2) is 11.8. The van der Waals surface area contributed by atoms with Crippen molar-refractivity contribution < 1.29 is 24.0 Å². The number of nitro benzene ring substituents is 1. The Hall–Kier alpha value is -3.82. The van der Waals surface area contributed by atoms with E-state index in [1.54, 1.807) is 32.3 Å².